The zero-order chi connectivity index (χ0) is 17.2. The van der Waals surface area contributed by atoms with Gasteiger partial charge in [0.1, 0.15) is 11.6 Å². The molecule has 0 radical (unpaired) electrons. The first-order valence-electron chi connectivity index (χ1n) is 8.35. The summed E-state index contributed by atoms with van der Waals surface area (Å²) in [4.78, 5) is 36.7. The van der Waals surface area contributed by atoms with Gasteiger partial charge in [0.25, 0.3) is 11.8 Å². The number of furan rings is 1. The van der Waals surface area contributed by atoms with Crippen LogP contribution in [0, 0.1) is 0 Å². The number of nitrogens with zero attached hydrogens (tertiary/aromatic N) is 1. The number of hydrogen-bond acceptors (Lipinski definition) is 4. The van der Waals surface area contributed by atoms with E-state index < -0.39 is 17.5 Å². The second-order valence-corrected chi connectivity index (χ2v) is 6.49. The van der Waals surface area contributed by atoms with Crippen molar-refractivity contribution < 1.29 is 24.1 Å². The molecule has 0 unspecified atom stereocenters. The van der Waals surface area contributed by atoms with Gasteiger partial charge in [0.15, 0.2) is 12.3 Å². The minimum absolute atomic E-state index is 0.0291. The summed E-state index contributed by atoms with van der Waals surface area (Å²) in [6, 6.07) is 3.05. The lowest BCUT2D eigenvalue weighted by atomic mass is 9.82. The molecule has 0 bridgehead atoms. The number of hydrogen-bond donors (Lipinski definition) is 3. The Labute approximate surface area is 139 Å². The zero-order valence-electron chi connectivity index (χ0n) is 13.7. The van der Waals surface area contributed by atoms with Crippen LogP contribution in [0.2, 0.25) is 0 Å². The van der Waals surface area contributed by atoms with Gasteiger partial charge in [-0.2, -0.15) is 5.01 Å². The number of quaternary nitrogens is 1. The molecule has 2 aliphatic rings. The lowest BCUT2D eigenvalue weighted by Gasteiger charge is -2.30. The van der Waals surface area contributed by atoms with Crippen molar-refractivity contribution in [2.24, 2.45) is 0 Å². The Balaban J connectivity index is 1.54. The van der Waals surface area contributed by atoms with E-state index in [1.165, 1.54) is 0 Å². The Bertz CT molecular complexity index is 622. The highest BCUT2D eigenvalue weighted by Gasteiger charge is 2.52. The van der Waals surface area contributed by atoms with Crippen LogP contribution >= 0.6 is 0 Å². The topological polar surface area (TPSA) is 108 Å². The fourth-order valence-corrected chi connectivity index (χ4v) is 3.34. The van der Waals surface area contributed by atoms with Crippen molar-refractivity contribution in [1.82, 2.24) is 15.8 Å². The first-order valence-corrected chi connectivity index (χ1v) is 8.35. The fourth-order valence-electron chi connectivity index (χ4n) is 3.34. The van der Waals surface area contributed by atoms with E-state index in [0.29, 0.717) is 12.8 Å². The maximum Gasteiger partial charge on any atom is 0.344 e. The smallest absolute Gasteiger partial charge is 0.344 e. The van der Waals surface area contributed by atoms with Crippen molar-refractivity contribution in [1.29, 1.82) is 0 Å². The predicted octanol–water partition coefficient (Wildman–Crippen LogP) is 0.190. The molecule has 2 fully saturated rings. The van der Waals surface area contributed by atoms with Crippen LogP contribution in [0.25, 0.3) is 0 Å². The summed E-state index contributed by atoms with van der Waals surface area (Å²) >= 11 is 0. The average molecular weight is 335 g/mol. The van der Waals surface area contributed by atoms with Gasteiger partial charge in [0.2, 0.25) is 0 Å². The number of urea groups is 1. The Morgan fingerprint density at radius 3 is 2.83 bits per heavy atom. The van der Waals surface area contributed by atoms with E-state index in [1.54, 1.807) is 17.6 Å². The van der Waals surface area contributed by atoms with E-state index in [9.17, 15) is 14.4 Å². The molecule has 1 aliphatic heterocycles. The van der Waals surface area contributed by atoms with E-state index in [-0.39, 0.29) is 18.5 Å². The number of hydrazine groups is 1. The van der Waals surface area contributed by atoms with E-state index in [0.717, 1.165) is 30.0 Å². The first-order chi connectivity index (χ1) is 11.5. The molecule has 24 heavy (non-hydrogen) atoms. The van der Waals surface area contributed by atoms with Gasteiger partial charge in [-0.1, -0.05) is 19.3 Å². The molecule has 1 atom stereocenters. The van der Waals surface area contributed by atoms with Crippen LogP contribution in [-0.4, -0.2) is 34.9 Å². The van der Waals surface area contributed by atoms with Crippen molar-refractivity contribution in [3.05, 3.63) is 24.2 Å². The first kappa shape index (κ1) is 16.5. The standard InChI is InChI=1S/C16H22N4O4/c1-11(12-6-5-9-24-12)17-10-13(21)19-20-14(22)16(18-15(20)23)7-3-2-4-8-16/h5-6,9,11,17H,2-4,7-8,10H2,1H3,(H,18,23)(H,19,21)/p+1/t11-/m1/s1. The van der Waals surface area contributed by atoms with Gasteiger partial charge < -0.3 is 15.1 Å². The Hall–Kier alpha value is -2.35. The molecule has 3 rings (SSSR count). The van der Waals surface area contributed by atoms with Gasteiger partial charge in [-0.3, -0.25) is 15.0 Å². The van der Waals surface area contributed by atoms with Gasteiger partial charge in [0.05, 0.1) is 6.26 Å². The summed E-state index contributed by atoms with van der Waals surface area (Å²) in [7, 11) is 0. The lowest BCUT2D eigenvalue weighted by Crippen LogP contribution is -2.87. The quantitative estimate of drug-likeness (QED) is 0.668. The minimum atomic E-state index is -0.826. The second-order valence-electron chi connectivity index (χ2n) is 6.49. The third-order valence-electron chi connectivity index (χ3n) is 4.75. The summed E-state index contributed by atoms with van der Waals surface area (Å²) in [6.07, 6.45) is 5.72. The summed E-state index contributed by atoms with van der Waals surface area (Å²) < 4.78 is 5.28. The normalized spacial score (nSPS) is 21.0. The maximum atomic E-state index is 12.6. The van der Waals surface area contributed by atoms with Crippen molar-refractivity contribution in [2.75, 3.05) is 6.54 Å². The van der Waals surface area contributed by atoms with E-state index >= 15 is 0 Å². The molecule has 1 saturated carbocycles. The SMILES string of the molecule is C[C@@H]([NH2+]CC(=O)NN1C(=O)NC2(CCCCC2)C1=O)c1ccco1. The van der Waals surface area contributed by atoms with Crippen molar-refractivity contribution in [3.8, 4) is 0 Å². The maximum absolute atomic E-state index is 12.6. The Kier molecular flexibility index (Phi) is 4.57. The molecule has 1 saturated heterocycles. The summed E-state index contributed by atoms with van der Waals surface area (Å²) in [5.74, 6) is 0.0170. The molecular weight excluding hydrogens is 312 g/mol. The van der Waals surface area contributed by atoms with Crippen molar-refractivity contribution in [3.63, 3.8) is 0 Å². The van der Waals surface area contributed by atoms with Gasteiger partial charge >= 0.3 is 6.03 Å². The predicted molar refractivity (Wildman–Crippen MR) is 83.3 cm³/mol. The number of carbonyl (C=O) groups is 3. The minimum Gasteiger partial charge on any atom is -0.463 e. The number of carbonyl (C=O) groups excluding carboxylic acids is 3. The molecule has 1 aromatic heterocycles. The van der Waals surface area contributed by atoms with Gasteiger partial charge in [-0.05, 0) is 31.9 Å². The number of rotatable bonds is 5. The van der Waals surface area contributed by atoms with Crippen LogP contribution in [0.15, 0.2) is 22.8 Å². The van der Waals surface area contributed by atoms with Gasteiger partial charge in [-0.15, -0.1) is 0 Å². The van der Waals surface area contributed by atoms with Crippen LogP contribution < -0.4 is 16.1 Å². The molecule has 8 heteroatoms. The largest absolute Gasteiger partial charge is 0.463 e. The molecule has 1 aliphatic carbocycles. The van der Waals surface area contributed by atoms with Crippen molar-refractivity contribution in [2.45, 2.75) is 50.6 Å². The molecule has 4 amide bonds. The molecule has 0 aromatic carbocycles. The second kappa shape index (κ2) is 6.64. The van der Waals surface area contributed by atoms with Crippen LogP contribution in [0.4, 0.5) is 4.79 Å². The third kappa shape index (κ3) is 3.14. The van der Waals surface area contributed by atoms with Crippen LogP contribution in [0.5, 0.6) is 0 Å². The Morgan fingerprint density at radius 2 is 2.17 bits per heavy atom. The van der Waals surface area contributed by atoms with Crippen LogP contribution in [0.3, 0.4) is 0 Å². The number of nitrogens with two attached hydrogens (primary N) is 1. The van der Waals surface area contributed by atoms with E-state index in [1.807, 2.05) is 13.0 Å². The highest BCUT2D eigenvalue weighted by atomic mass is 16.3. The van der Waals surface area contributed by atoms with Crippen LogP contribution in [0.1, 0.15) is 50.8 Å². The highest BCUT2D eigenvalue weighted by molar-refractivity contribution is 6.08. The monoisotopic (exact) mass is 335 g/mol. The molecule has 2 heterocycles. The van der Waals surface area contributed by atoms with Gasteiger partial charge in [0, 0.05) is 0 Å². The van der Waals surface area contributed by atoms with E-state index in [4.69, 9.17) is 4.42 Å². The molecule has 4 N–H and O–H groups in total. The van der Waals surface area contributed by atoms with Crippen molar-refractivity contribution >= 4 is 17.8 Å². The zero-order valence-corrected chi connectivity index (χ0v) is 13.7. The molecule has 1 aromatic rings. The highest BCUT2D eigenvalue weighted by Crippen LogP contribution is 2.32. The lowest BCUT2D eigenvalue weighted by molar-refractivity contribution is -0.684. The number of amides is 4. The molecule has 1 spiro atoms. The average Bonchev–Trinajstić information content (AvgIpc) is 3.18. The van der Waals surface area contributed by atoms with Gasteiger partial charge in [-0.25, -0.2) is 4.79 Å². The molecule has 130 valence electrons. The summed E-state index contributed by atoms with van der Waals surface area (Å²) in [5.41, 5.74) is 1.60. The summed E-state index contributed by atoms with van der Waals surface area (Å²) in [6.45, 7) is 2.00. The number of imide groups is 1. The summed E-state index contributed by atoms with van der Waals surface area (Å²) in [5, 5.41) is 5.37. The third-order valence-corrected chi connectivity index (χ3v) is 4.75. The van der Waals surface area contributed by atoms with E-state index in [2.05, 4.69) is 10.7 Å². The molecular formula is C16H23N4O4+. The Morgan fingerprint density at radius 1 is 1.42 bits per heavy atom. The fraction of sp³-hybridized carbons (Fsp3) is 0.562. The molecule has 8 nitrogen and oxygen atoms in total. The number of nitrogens with one attached hydrogen (secondary N) is 2. The van der Waals surface area contributed by atoms with Crippen LogP contribution in [-0.2, 0) is 9.59 Å².